The number of aromatic nitrogens is 1. The molecule has 1 amide bonds. The molecule has 3 heteroatoms. The van der Waals surface area contributed by atoms with Crippen LogP contribution >= 0.6 is 0 Å². The highest BCUT2D eigenvalue weighted by Gasteiger charge is 1.98. The molecule has 1 aromatic heterocycles. The van der Waals surface area contributed by atoms with Crippen LogP contribution in [-0.4, -0.2) is 10.5 Å². The first-order valence-electron chi connectivity index (χ1n) is 2.62. The van der Waals surface area contributed by atoms with Crippen molar-refractivity contribution in [2.45, 2.75) is 0 Å². The standard InChI is InChI=1S/C6H8N2O/c1-8-3-2-5(4-8)6(7)9/h2-4H,1H3,(H2,7,9). The molecule has 0 spiro atoms. The lowest BCUT2D eigenvalue weighted by Crippen LogP contribution is -2.09. The summed E-state index contributed by atoms with van der Waals surface area (Å²) in [4.78, 5) is 10.4. The van der Waals surface area contributed by atoms with Gasteiger partial charge in [0.05, 0.1) is 5.56 Å². The molecular weight excluding hydrogens is 116 g/mol. The Balaban J connectivity index is 2.98. The van der Waals surface area contributed by atoms with Gasteiger partial charge in [-0.05, 0) is 6.07 Å². The van der Waals surface area contributed by atoms with Crippen molar-refractivity contribution < 1.29 is 4.79 Å². The van der Waals surface area contributed by atoms with Crippen LogP contribution in [0.5, 0.6) is 0 Å². The van der Waals surface area contributed by atoms with Crippen molar-refractivity contribution in [3.63, 3.8) is 0 Å². The normalized spacial score (nSPS) is 9.44. The van der Waals surface area contributed by atoms with Crippen LogP contribution in [0.1, 0.15) is 10.4 Å². The summed E-state index contributed by atoms with van der Waals surface area (Å²) < 4.78 is 1.78. The predicted octanol–water partition coefficient (Wildman–Crippen LogP) is 0.124. The van der Waals surface area contributed by atoms with Crippen molar-refractivity contribution in [3.05, 3.63) is 24.0 Å². The highest BCUT2D eigenvalue weighted by Crippen LogP contribution is 1.96. The topological polar surface area (TPSA) is 48.0 Å². The maximum Gasteiger partial charge on any atom is 0.250 e. The van der Waals surface area contributed by atoms with E-state index in [1.54, 1.807) is 23.0 Å². The first kappa shape index (κ1) is 5.88. The number of hydrogen-bond acceptors (Lipinski definition) is 1. The molecule has 0 atom stereocenters. The third-order valence-electron chi connectivity index (χ3n) is 1.12. The van der Waals surface area contributed by atoms with Gasteiger partial charge < -0.3 is 10.3 Å². The summed E-state index contributed by atoms with van der Waals surface area (Å²) in [5.74, 6) is -0.379. The van der Waals surface area contributed by atoms with Crippen molar-refractivity contribution in [1.82, 2.24) is 4.57 Å². The van der Waals surface area contributed by atoms with E-state index in [9.17, 15) is 4.79 Å². The summed E-state index contributed by atoms with van der Waals surface area (Å²) in [6.07, 6.45) is 3.46. The molecule has 1 rings (SSSR count). The van der Waals surface area contributed by atoms with E-state index in [-0.39, 0.29) is 5.91 Å². The quantitative estimate of drug-likeness (QED) is 0.568. The highest BCUT2D eigenvalue weighted by molar-refractivity contribution is 5.92. The van der Waals surface area contributed by atoms with Gasteiger partial charge in [0.2, 0.25) is 5.91 Å². The van der Waals surface area contributed by atoms with E-state index in [0.717, 1.165) is 0 Å². The van der Waals surface area contributed by atoms with E-state index in [1.807, 2.05) is 7.05 Å². The van der Waals surface area contributed by atoms with Crippen molar-refractivity contribution in [2.24, 2.45) is 12.8 Å². The van der Waals surface area contributed by atoms with Crippen LogP contribution in [0.4, 0.5) is 0 Å². The summed E-state index contributed by atoms with van der Waals surface area (Å²) in [7, 11) is 1.84. The van der Waals surface area contributed by atoms with Crippen LogP contribution in [0, 0.1) is 0 Å². The second kappa shape index (κ2) is 1.93. The minimum Gasteiger partial charge on any atom is -0.366 e. The average molecular weight is 124 g/mol. The second-order valence-electron chi connectivity index (χ2n) is 1.93. The molecule has 0 bridgehead atoms. The van der Waals surface area contributed by atoms with Gasteiger partial charge in [-0.3, -0.25) is 4.79 Å². The highest BCUT2D eigenvalue weighted by atomic mass is 16.1. The third kappa shape index (κ3) is 1.10. The Morgan fingerprint density at radius 2 is 2.44 bits per heavy atom. The second-order valence-corrected chi connectivity index (χ2v) is 1.93. The lowest BCUT2D eigenvalue weighted by Gasteiger charge is -1.84. The van der Waals surface area contributed by atoms with E-state index < -0.39 is 0 Å². The summed E-state index contributed by atoms with van der Waals surface area (Å²) >= 11 is 0. The number of carbonyl (C=O) groups excluding carboxylic acids is 1. The molecule has 0 aliphatic carbocycles. The number of rotatable bonds is 1. The van der Waals surface area contributed by atoms with Crippen LogP contribution in [0.2, 0.25) is 0 Å². The Kier molecular flexibility index (Phi) is 1.26. The van der Waals surface area contributed by atoms with Gasteiger partial charge in [0, 0.05) is 19.4 Å². The van der Waals surface area contributed by atoms with Gasteiger partial charge in [-0.25, -0.2) is 0 Å². The van der Waals surface area contributed by atoms with Gasteiger partial charge in [-0.1, -0.05) is 0 Å². The number of carbonyl (C=O) groups is 1. The summed E-state index contributed by atoms with van der Waals surface area (Å²) in [6, 6.07) is 1.68. The molecule has 0 aliphatic heterocycles. The zero-order valence-corrected chi connectivity index (χ0v) is 5.16. The molecule has 0 radical (unpaired) electrons. The largest absolute Gasteiger partial charge is 0.366 e. The van der Waals surface area contributed by atoms with Gasteiger partial charge in [0.1, 0.15) is 0 Å². The molecule has 0 saturated heterocycles. The molecule has 1 aromatic rings. The molecule has 9 heavy (non-hydrogen) atoms. The predicted molar refractivity (Wildman–Crippen MR) is 33.9 cm³/mol. The third-order valence-corrected chi connectivity index (χ3v) is 1.12. The molecular formula is C6H8N2O. The SMILES string of the molecule is Cn1ccc(C(N)=O)c1. The Bertz CT molecular complexity index is 227. The molecule has 0 aliphatic rings. The fourth-order valence-corrected chi connectivity index (χ4v) is 0.649. The van der Waals surface area contributed by atoms with Gasteiger partial charge in [-0.2, -0.15) is 0 Å². The molecule has 3 nitrogen and oxygen atoms in total. The number of hydrogen-bond donors (Lipinski definition) is 1. The lowest BCUT2D eigenvalue weighted by molar-refractivity contribution is 0.100. The molecule has 48 valence electrons. The van der Waals surface area contributed by atoms with Gasteiger partial charge in [-0.15, -0.1) is 0 Å². The van der Waals surface area contributed by atoms with E-state index in [0.29, 0.717) is 5.56 Å². The Morgan fingerprint density at radius 3 is 2.67 bits per heavy atom. The maximum atomic E-state index is 10.4. The van der Waals surface area contributed by atoms with Gasteiger partial charge in [0.15, 0.2) is 0 Å². The van der Waals surface area contributed by atoms with Gasteiger partial charge in [0.25, 0.3) is 0 Å². The number of nitrogens with zero attached hydrogens (tertiary/aromatic N) is 1. The number of amides is 1. The van der Waals surface area contributed by atoms with Crippen molar-refractivity contribution in [1.29, 1.82) is 0 Å². The van der Waals surface area contributed by atoms with E-state index in [4.69, 9.17) is 5.73 Å². The smallest absolute Gasteiger partial charge is 0.250 e. The lowest BCUT2D eigenvalue weighted by atomic mass is 10.3. The van der Waals surface area contributed by atoms with Crippen LogP contribution < -0.4 is 5.73 Å². The zero-order valence-electron chi connectivity index (χ0n) is 5.16. The molecule has 0 saturated carbocycles. The number of aryl methyl sites for hydroxylation is 1. The Hall–Kier alpha value is -1.25. The van der Waals surface area contributed by atoms with Gasteiger partial charge >= 0.3 is 0 Å². The molecule has 1 heterocycles. The first-order chi connectivity index (χ1) is 4.20. The summed E-state index contributed by atoms with van der Waals surface area (Å²) in [6.45, 7) is 0. The minimum absolute atomic E-state index is 0.379. The van der Waals surface area contributed by atoms with Crippen LogP contribution in [0.25, 0.3) is 0 Å². The number of nitrogens with two attached hydrogens (primary N) is 1. The molecule has 0 fully saturated rings. The Labute approximate surface area is 53.1 Å². The molecule has 0 aromatic carbocycles. The van der Waals surface area contributed by atoms with E-state index in [2.05, 4.69) is 0 Å². The van der Waals surface area contributed by atoms with Crippen LogP contribution in [-0.2, 0) is 7.05 Å². The average Bonchev–Trinajstić information content (AvgIpc) is 2.14. The maximum absolute atomic E-state index is 10.4. The molecule has 0 unspecified atom stereocenters. The van der Waals surface area contributed by atoms with E-state index in [1.165, 1.54) is 0 Å². The van der Waals surface area contributed by atoms with Crippen molar-refractivity contribution >= 4 is 5.91 Å². The first-order valence-corrected chi connectivity index (χ1v) is 2.62. The fourth-order valence-electron chi connectivity index (χ4n) is 0.649. The molecule has 2 N–H and O–H groups in total. The monoisotopic (exact) mass is 124 g/mol. The number of primary amides is 1. The van der Waals surface area contributed by atoms with E-state index >= 15 is 0 Å². The fraction of sp³-hybridized carbons (Fsp3) is 0.167. The van der Waals surface area contributed by atoms with Crippen LogP contribution in [0.15, 0.2) is 18.5 Å². The summed E-state index contributed by atoms with van der Waals surface area (Å²) in [5.41, 5.74) is 5.53. The summed E-state index contributed by atoms with van der Waals surface area (Å²) in [5, 5.41) is 0. The van der Waals surface area contributed by atoms with Crippen molar-refractivity contribution in [2.75, 3.05) is 0 Å². The van der Waals surface area contributed by atoms with Crippen LogP contribution in [0.3, 0.4) is 0 Å². The zero-order chi connectivity index (χ0) is 6.85. The minimum atomic E-state index is -0.379. The van der Waals surface area contributed by atoms with Crippen molar-refractivity contribution in [3.8, 4) is 0 Å². The Morgan fingerprint density at radius 1 is 1.78 bits per heavy atom.